The van der Waals surface area contributed by atoms with Gasteiger partial charge in [-0.25, -0.2) is 4.79 Å². The summed E-state index contributed by atoms with van der Waals surface area (Å²) in [7, 11) is 0. The van der Waals surface area contributed by atoms with Gasteiger partial charge in [0.25, 0.3) is 0 Å². The Kier molecular flexibility index (Phi) is 18.0. The Morgan fingerprint density at radius 1 is 0.865 bits per heavy atom. The van der Waals surface area contributed by atoms with Crippen LogP contribution in [-0.4, -0.2) is 80.7 Å². The zero-order chi connectivity index (χ0) is 38.7. The van der Waals surface area contributed by atoms with Gasteiger partial charge in [-0.3, -0.25) is 4.79 Å². The van der Waals surface area contributed by atoms with Crippen LogP contribution in [0, 0.1) is 47.3 Å². The molecule has 15 atom stereocenters. The quantitative estimate of drug-likeness (QED) is 0.169. The first kappa shape index (κ1) is 44.8. The molecule has 2 bridgehead atoms. The van der Waals surface area contributed by atoms with Gasteiger partial charge < -0.3 is 34.6 Å². The van der Waals surface area contributed by atoms with Crippen LogP contribution in [0.25, 0.3) is 0 Å². The third-order valence-electron chi connectivity index (χ3n) is 12.6. The van der Waals surface area contributed by atoms with Crippen molar-refractivity contribution in [2.24, 2.45) is 47.3 Å². The minimum atomic E-state index is -1.06. The van der Waals surface area contributed by atoms with Crippen molar-refractivity contribution in [2.75, 3.05) is 0 Å². The topological polar surface area (TPSA) is 143 Å². The van der Waals surface area contributed by atoms with Crippen molar-refractivity contribution < 1.29 is 44.2 Å². The van der Waals surface area contributed by atoms with E-state index in [2.05, 4.69) is 32.9 Å². The van der Waals surface area contributed by atoms with Gasteiger partial charge in [-0.1, -0.05) is 93.4 Å². The molecule has 3 rings (SSSR count). The van der Waals surface area contributed by atoms with Crippen LogP contribution in [-0.2, 0) is 23.8 Å². The molecule has 0 saturated carbocycles. The van der Waals surface area contributed by atoms with Crippen LogP contribution in [0.5, 0.6) is 0 Å². The highest BCUT2D eigenvalue weighted by atomic mass is 16.7. The maximum Gasteiger partial charge on any atom is 0.330 e. The van der Waals surface area contributed by atoms with Crippen LogP contribution < -0.4 is 0 Å². The third-order valence-corrected chi connectivity index (χ3v) is 12.6. The Balaban J connectivity index is 1.93. The number of allylic oxidation sites excluding steroid dienone is 2. The van der Waals surface area contributed by atoms with Gasteiger partial charge in [-0.15, -0.1) is 0 Å². The smallest absolute Gasteiger partial charge is 0.330 e. The van der Waals surface area contributed by atoms with Crippen LogP contribution in [0.15, 0.2) is 24.3 Å². The number of hydrogen-bond acceptors (Lipinski definition) is 9. The van der Waals surface area contributed by atoms with E-state index in [1.807, 2.05) is 27.7 Å². The number of aliphatic hydroxyl groups is 4. The third kappa shape index (κ3) is 12.7. The molecule has 3 aliphatic heterocycles. The van der Waals surface area contributed by atoms with E-state index in [9.17, 15) is 30.0 Å². The first-order chi connectivity index (χ1) is 24.5. The summed E-state index contributed by atoms with van der Waals surface area (Å²) >= 11 is 0. The second-order valence-electron chi connectivity index (χ2n) is 17.4. The summed E-state index contributed by atoms with van der Waals surface area (Å²) < 4.78 is 19.8. The van der Waals surface area contributed by atoms with Crippen molar-refractivity contribution in [2.45, 2.75) is 188 Å². The first-order valence-corrected chi connectivity index (χ1v) is 20.6. The SMILES string of the molecule is CCC(O)C(C)C1OC2(CCC1C)CC1OC(=O)/C=C/C(C)C(O)C(C)C(O)CC(O)C(C)CCCCC/C=C/C(CC(C)C)C(=O)CC(O2)C1C. The fraction of sp³-hybridized carbons (Fsp3) is 0.860. The zero-order valence-electron chi connectivity index (χ0n) is 33.8. The molecular formula is C43H74O9. The summed E-state index contributed by atoms with van der Waals surface area (Å²) in [6, 6.07) is 0. The van der Waals surface area contributed by atoms with Crippen LogP contribution in [0.1, 0.15) is 139 Å². The summed E-state index contributed by atoms with van der Waals surface area (Å²) in [5.41, 5.74) is 0. The van der Waals surface area contributed by atoms with E-state index in [4.69, 9.17) is 14.2 Å². The lowest BCUT2D eigenvalue weighted by molar-refractivity contribution is -0.352. The average Bonchev–Trinajstić information content (AvgIpc) is 3.10. The molecule has 9 nitrogen and oxygen atoms in total. The number of esters is 1. The van der Waals surface area contributed by atoms with Crippen molar-refractivity contribution in [3.05, 3.63) is 24.3 Å². The minimum Gasteiger partial charge on any atom is -0.459 e. The number of rotatable bonds is 5. The number of Topliss-reactive ketones (excluding diaryl/α,β-unsaturated/α-hetero) is 1. The summed E-state index contributed by atoms with van der Waals surface area (Å²) in [6.45, 7) is 17.9. The lowest BCUT2D eigenvalue weighted by atomic mass is 9.78. The monoisotopic (exact) mass is 735 g/mol. The molecule has 0 aliphatic carbocycles. The van der Waals surface area contributed by atoms with Crippen molar-refractivity contribution in [1.29, 1.82) is 0 Å². The predicted octanol–water partition coefficient (Wildman–Crippen LogP) is 7.32. The van der Waals surface area contributed by atoms with E-state index in [-0.39, 0.29) is 54.3 Å². The summed E-state index contributed by atoms with van der Waals surface area (Å²) in [4.78, 5) is 27.5. The highest BCUT2D eigenvalue weighted by molar-refractivity contribution is 5.83. The van der Waals surface area contributed by atoms with Gasteiger partial charge in [0.15, 0.2) is 5.79 Å². The van der Waals surface area contributed by atoms with Gasteiger partial charge in [0.2, 0.25) is 0 Å². The lowest BCUT2D eigenvalue weighted by Gasteiger charge is -2.52. The Hall–Kier alpha value is -1.62. The summed E-state index contributed by atoms with van der Waals surface area (Å²) in [6.07, 6.45) is 10.8. The van der Waals surface area contributed by atoms with E-state index >= 15 is 0 Å². The second kappa shape index (κ2) is 20.9. The standard InChI is InChI=1S/C43H74O9/c1-10-34(44)31(8)42-29(6)20-21-43(52-42)25-39-32(9)38(51-43)24-37(47)33(22-26(2)3)17-15-13-11-12-14-16-27(4)35(45)23-36(46)30(7)41(49)28(5)18-19-40(48)50-39/h15,17-19,26-36,38-39,41-42,44-46,49H,10-14,16,20-25H2,1-9H3/b17-15+,19-18+. The first-order valence-electron chi connectivity index (χ1n) is 20.6. The molecule has 300 valence electrons. The van der Waals surface area contributed by atoms with Crippen LogP contribution in [0.2, 0.25) is 0 Å². The Bertz CT molecular complexity index is 1150. The van der Waals surface area contributed by atoms with Gasteiger partial charge in [-0.2, -0.15) is 0 Å². The van der Waals surface area contributed by atoms with E-state index in [1.54, 1.807) is 19.9 Å². The predicted molar refractivity (Wildman–Crippen MR) is 204 cm³/mol. The van der Waals surface area contributed by atoms with Crippen LogP contribution >= 0.6 is 0 Å². The molecule has 2 saturated heterocycles. The second-order valence-corrected chi connectivity index (χ2v) is 17.4. The van der Waals surface area contributed by atoms with Crippen LogP contribution in [0.4, 0.5) is 0 Å². The molecule has 0 aromatic rings. The molecule has 2 fully saturated rings. The highest BCUT2D eigenvalue weighted by Gasteiger charge is 2.53. The van der Waals surface area contributed by atoms with Gasteiger partial charge in [-0.05, 0) is 62.7 Å². The normalized spacial score (nSPS) is 42.2. The zero-order valence-corrected chi connectivity index (χ0v) is 33.8. The largest absolute Gasteiger partial charge is 0.459 e. The molecule has 3 heterocycles. The Morgan fingerprint density at radius 2 is 1.58 bits per heavy atom. The van der Waals surface area contributed by atoms with E-state index in [0.717, 1.165) is 44.9 Å². The van der Waals surface area contributed by atoms with Crippen molar-refractivity contribution in [3.8, 4) is 0 Å². The Labute approximate surface area is 315 Å². The number of ether oxygens (including phenoxy) is 3. The fourth-order valence-corrected chi connectivity index (χ4v) is 8.49. The molecule has 3 aliphatic rings. The van der Waals surface area contributed by atoms with E-state index in [0.29, 0.717) is 25.2 Å². The number of hydrogen-bond donors (Lipinski definition) is 4. The fourth-order valence-electron chi connectivity index (χ4n) is 8.49. The average molecular weight is 735 g/mol. The summed E-state index contributed by atoms with van der Waals surface area (Å²) in [5.74, 6) is -2.60. The Morgan fingerprint density at radius 3 is 2.25 bits per heavy atom. The minimum absolute atomic E-state index is 0.0167. The highest BCUT2D eigenvalue weighted by Crippen LogP contribution is 2.46. The molecule has 1 spiro atoms. The molecule has 0 aromatic carbocycles. The van der Waals surface area contributed by atoms with Gasteiger partial charge >= 0.3 is 5.97 Å². The van der Waals surface area contributed by atoms with Crippen LogP contribution in [0.3, 0.4) is 0 Å². The van der Waals surface area contributed by atoms with E-state index in [1.165, 1.54) is 6.08 Å². The van der Waals surface area contributed by atoms with Gasteiger partial charge in [0, 0.05) is 54.9 Å². The molecule has 0 aromatic heterocycles. The molecule has 0 radical (unpaired) electrons. The van der Waals surface area contributed by atoms with Crippen molar-refractivity contribution in [3.63, 3.8) is 0 Å². The maximum atomic E-state index is 14.1. The number of carbonyl (C=O) groups is 2. The number of fused-ring (bicyclic) bond motifs is 2. The molecule has 4 N–H and O–H groups in total. The van der Waals surface area contributed by atoms with E-state index < -0.39 is 60.2 Å². The maximum absolute atomic E-state index is 14.1. The summed E-state index contributed by atoms with van der Waals surface area (Å²) in [5, 5.41) is 43.6. The molecule has 9 heteroatoms. The lowest BCUT2D eigenvalue weighted by Crippen LogP contribution is -2.58. The van der Waals surface area contributed by atoms with Gasteiger partial charge in [0.05, 0.1) is 36.6 Å². The molecular weight excluding hydrogens is 660 g/mol. The van der Waals surface area contributed by atoms with Gasteiger partial charge in [0.1, 0.15) is 11.9 Å². The number of ketones is 1. The molecule has 0 amide bonds. The number of aliphatic hydroxyl groups excluding tert-OH is 4. The molecule has 15 unspecified atom stereocenters. The molecule has 52 heavy (non-hydrogen) atoms. The number of carbonyl (C=O) groups excluding carboxylic acids is 2. The van der Waals surface area contributed by atoms with Crippen molar-refractivity contribution in [1.82, 2.24) is 0 Å². The van der Waals surface area contributed by atoms with Crippen molar-refractivity contribution >= 4 is 11.8 Å².